The Morgan fingerprint density at radius 1 is 1.13 bits per heavy atom. The molecule has 1 amide bonds. The van der Waals surface area contributed by atoms with E-state index in [-0.39, 0.29) is 12.5 Å². The maximum atomic E-state index is 12.0. The Morgan fingerprint density at radius 2 is 2.03 bits per heavy atom. The zero-order valence-corrected chi connectivity index (χ0v) is 17.9. The largest absolute Gasteiger partial charge is 0.497 e. The molecule has 3 aromatic heterocycles. The molecular formula is C21H21N5O4S. The van der Waals surface area contributed by atoms with Crippen LogP contribution in [0, 0.1) is 0 Å². The van der Waals surface area contributed by atoms with Crippen molar-refractivity contribution in [2.24, 2.45) is 0 Å². The number of carbonyl (C=O) groups excluding carboxylic acids is 1. The quantitative estimate of drug-likeness (QED) is 0.400. The Bertz CT molecular complexity index is 1180. The minimum atomic E-state index is -0.0397. The summed E-state index contributed by atoms with van der Waals surface area (Å²) in [5, 5.41) is 17.7. The van der Waals surface area contributed by atoms with Crippen LogP contribution in [0.3, 0.4) is 0 Å². The number of fused-ring (bicyclic) bond motifs is 1. The van der Waals surface area contributed by atoms with Crippen molar-refractivity contribution < 1.29 is 19.0 Å². The second kappa shape index (κ2) is 9.43. The Hall–Kier alpha value is -3.66. The average Bonchev–Trinajstić information content (AvgIpc) is 3.45. The number of aromatic nitrogens is 4. The number of carbonyl (C=O) groups is 1. The van der Waals surface area contributed by atoms with Gasteiger partial charge in [-0.1, -0.05) is 6.07 Å². The highest BCUT2D eigenvalue weighted by molar-refractivity contribution is 7.10. The van der Waals surface area contributed by atoms with Crippen molar-refractivity contribution in [2.75, 3.05) is 27.4 Å². The molecule has 4 rings (SSSR count). The van der Waals surface area contributed by atoms with Crippen molar-refractivity contribution in [2.45, 2.75) is 6.42 Å². The van der Waals surface area contributed by atoms with Crippen LogP contribution in [0.2, 0.25) is 0 Å². The highest BCUT2D eigenvalue weighted by atomic mass is 32.1. The van der Waals surface area contributed by atoms with Crippen molar-refractivity contribution in [1.29, 1.82) is 0 Å². The normalized spacial score (nSPS) is 10.8. The number of thiophene rings is 1. The van der Waals surface area contributed by atoms with E-state index < -0.39 is 0 Å². The van der Waals surface area contributed by atoms with Crippen molar-refractivity contribution in [3.8, 4) is 28.8 Å². The summed E-state index contributed by atoms with van der Waals surface area (Å²) >= 11 is 1.56. The van der Waals surface area contributed by atoms with E-state index in [1.54, 1.807) is 48.3 Å². The van der Waals surface area contributed by atoms with Crippen LogP contribution in [-0.2, 0) is 11.2 Å². The summed E-state index contributed by atoms with van der Waals surface area (Å²) < 4.78 is 18.0. The van der Waals surface area contributed by atoms with Gasteiger partial charge in [0.05, 0.1) is 32.7 Å². The monoisotopic (exact) mass is 439 g/mol. The van der Waals surface area contributed by atoms with Gasteiger partial charge in [0.25, 0.3) is 0 Å². The lowest BCUT2D eigenvalue weighted by atomic mass is 10.2. The third-order valence-electron chi connectivity index (χ3n) is 4.48. The van der Waals surface area contributed by atoms with Gasteiger partial charge in [0.2, 0.25) is 11.8 Å². The Labute approximate surface area is 182 Å². The molecule has 0 bridgehead atoms. The molecule has 0 aliphatic carbocycles. The number of hydrogen-bond donors (Lipinski definition) is 1. The van der Waals surface area contributed by atoms with E-state index in [9.17, 15) is 4.79 Å². The number of benzene rings is 1. The van der Waals surface area contributed by atoms with E-state index in [1.165, 1.54) is 0 Å². The SMILES string of the molecule is COc1ccc(-c2nnc3ccc(OCCNC(=O)Cc4cccs4)nn23)c(OC)c1. The molecule has 160 valence electrons. The molecule has 0 fully saturated rings. The minimum absolute atomic E-state index is 0.0397. The van der Waals surface area contributed by atoms with E-state index in [2.05, 4.69) is 20.6 Å². The van der Waals surface area contributed by atoms with E-state index in [1.807, 2.05) is 29.6 Å². The first-order valence-electron chi connectivity index (χ1n) is 9.54. The van der Waals surface area contributed by atoms with Gasteiger partial charge in [-0.3, -0.25) is 4.79 Å². The van der Waals surface area contributed by atoms with Gasteiger partial charge in [-0.05, 0) is 29.6 Å². The molecule has 9 nitrogen and oxygen atoms in total. The number of rotatable bonds is 9. The number of amides is 1. The van der Waals surface area contributed by atoms with Crippen LogP contribution in [0.5, 0.6) is 17.4 Å². The van der Waals surface area contributed by atoms with Crippen LogP contribution < -0.4 is 19.5 Å². The molecule has 0 saturated carbocycles. The lowest BCUT2D eigenvalue weighted by molar-refractivity contribution is -0.120. The summed E-state index contributed by atoms with van der Waals surface area (Å²) in [7, 11) is 3.17. The third-order valence-corrected chi connectivity index (χ3v) is 5.35. The molecule has 1 aromatic carbocycles. The van der Waals surface area contributed by atoms with Gasteiger partial charge in [0.1, 0.15) is 18.1 Å². The van der Waals surface area contributed by atoms with Crippen LogP contribution >= 0.6 is 11.3 Å². The van der Waals surface area contributed by atoms with Crippen LogP contribution in [0.25, 0.3) is 17.0 Å². The molecule has 3 heterocycles. The topological polar surface area (TPSA) is 99.9 Å². The van der Waals surface area contributed by atoms with Gasteiger partial charge < -0.3 is 19.5 Å². The maximum absolute atomic E-state index is 12.0. The molecule has 4 aromatic rings. The standard InChI is InChI=1S/C21H21N5O4S/c1-28-14-5-6-16(17(12-14)29-2)21-24-23-18-7-8-20(25-26(18)21)30-10-9-22-19(27)13-15-4-3-11-31-15/h3-8,11-12H,9-10,13H2,1-2H3,(H,22,27). The number of nitrogens with zero attached hydrogens (tertiary/aromatic N) is 4. The molecule has 0 radical (unpaired) electrons. The summed E-state index contributed by atoms with van der Waals surface area (Å²) in [4.78, 5) is 13.0. The molecule has 0 saturated heterocycles. The van der Waals surface area contributed by atoms with Crippen molar-refractivity contribution >= 4 is 22.9 Å². The predicted molar refractivity (Wildman–Crippen MR) is 116 cm³/mol. The molecule has 0 unspecified atom stereocenters. The predicted octanol–water partition coefficient (Wildman–Crippen LogP) is 2.61. The fourth-order valence-corrected chi connectivity index (χ4v) is 3.68. The Balaban J connectivity index is 1.43. The first-order chi connectivity index (χ1) is 15.2. The van der Waals surface area contributed by atoms with Crippen molar-refractivity contribution in [1.82, 2.24) is 25.1 Å². The number of methoxy groups -OCH3 is 2. The van der Waals surface area contributed by atoms with Gasteiger partial charge >= 0.3 is 0 Å². The highest BCUT2D eigenvalue weighted by Gasteiger charge is 2.16. The van der Waals surface area contributed by atoms with Crippen molar-refractivity contribution in [3.05, 3.63) is 52.7 Å². The van der Waals surface area contributed by atoms with Crippen molar-refractivity contribution in [3.63, 3.8) is 0 Å². The molecule has 0 spiro atoms. The zero-order chi connectivity index (χ0) is 21.6. The summed E-state index contributed by atoms with van der Waals surface area (Å²) in [5.41, 5.74) is 1.30. The first kappa shape index (κ1) is 20.6. The van der Waals surface area contributed by atoms with Crippen LogP contribution in [-0.4, -0.2) is 53.1 Å². The van der Waals surface area contributed by atoms with E-state index in [0.29, 0.717) is 41.8 Å². The maximum Gasteiger partial charge on any atom is 0.231 e. The van der Waals surface area contributed by atoms with Gasteiger partial charge in [-0.25, -0.2) is 0 Å². The van der Waals surface area contributed by atoms with E-state index in [4.69, 9.17) is 14.2 Å². The summed E-state index contributed by atoms with van der Waals surface area (Å²) in [5.74, 6) is 2.14. The number of nitrogens with one attached hydrogen (secondary N) is 1. The Morgan fingerprint density at radius 3 is 2.81 bits per heavy atom. The molecule has 31 heavy (non-hydrogen) atoms. The van der Waals surface area contributed by atoms with Gasteiger partial charge in [-0.15, -0.1) is 26.6 Å². The van der Waals surface area contributed by atoms with Gasteiger partial charge in [0.15, 0.2) is 11.5 Å². The zero-order valence-electron chi connectivity index (χ0n) is 17.1. The fourth-order valence-electron chi connectivity index (χ4n) is 2.98. The lowest BCUT2D eigenvalue weighted by Crippen LogP contribution is -2.29. The molecular weight excluding hydrogens is 418 g/mol. The average molecular weight is 439 g/mol. The van der Waals surface area contributed by atoms with Crippen LogP contribution in [0.15, 0.2) is 47.8 Å². The summed E-state index contributed by atoms with van der Waals surface area (Å²) in [6.45, 7) is 0.670. The molecule has 10 heteroatoms. The molecule has 0 aliphatic heterocycles. The molecule has 0 atom stereocenters. The second-order valence-corrected chi connectivity index (χ2v) is 7.52. The highest BCUT2D eigenvalue weighted by Crippen LogP contribution is 2.32. The van der Waals surface area contributed by atoms with E-state index in [0.717, 1.165) is 10.4 Å². The number of ether oxygens (including phenoxy) is 3. The third kappa shape index (κ3) is 4.75. The smallest absolute Gasteiger partial charge is 0.231 e. The van der Waals surface area contributed by atoms with Gasteiger partial charge in [-0.2, -0.15) is 4.52 Å². The molecule has 1 N–H and O–H groups in total. The summed E-state index contributed by atoms with van der Waals surface area (Å²) in [6.07, 6.45) is 0.371. The molecule has 0 aliphatic rings. The van der Waals surface area contributed by atoms with Crippen LogP contribution in [0.1, 0.15) is 4.88 Å². The minimum Gasteiger partial charge on any atom is -0.497 e. The fraction of sp³-hybridized carbons (Fsp3) is 0.238. The lowest BCUT2D eigenvalue weighted by Gasteiger charge is -2.10. The number of hydrogen-bond acceptors (Lipinski definition) is 8. The summed E-state index contributed by atoms with van der Waals surface area (Å²) in [6, 6.07) is 12.8. The first-order valence-corrected chi connectivity index (χ1v) is 10.4. The van der Waals surface area contributed by atoms with Crippen LogP contribution in [0.4, 0.5) is 0 Å². The second-order valence-electron chi connectivity index (χ2n) is 6.49. The van der Waals surface area contributed by atoms with Gasteiger partial charge in [0, 0.05) is 17.0 Å². The van der Waals surface area contributed by atoms with E-state index >= 15 is 0 Å². The Kier molecular flexibility index (Phi) is 6.27.